The molecule has 0 saturated carbocycles. The van der Waals surface area contributed by atoms with Gasteiger partial charge in [0, 0.05) is 6.07 Å². The second-order valence-electron chi connectivity index (χ2n) is 4.73. The van der Waals surface area contributed by atoms with Gasteiger partial charge in [0.2, 0.25) is 0 Å². The van der Waals surface area contributed by atoms with E-state index in [9.17, 15) is 4.79 Å². The molecule has 0 saturated heterocycles. The molecule has 0 atom stereocenters. The maximum Gasteiger partial charge on any atom is 0.342 e. The van der Waals surface area contributed by atoms with Crippen LogP contribution in [0.1, 0.15) is 10.4 Å². The molecule has 24 heavy (non-hydrogen) atoms. The number of esters is 1. The van der Waals surface area contributed by atoms with Crippen molar-refractivity contribution in [3.8, 4) is 23.0 Å². The Balaban J connectivity index is 1.84. The summed E-state index contributed by atoms with van der Waals surface area (Å²) in [7, 11) is 4.63. The van der Waals surface area contributed by atoms with Crippen LogP contribution in [0.5, 0.6) is 23.0 Å². The van der Waals surface area contributed by atoms with E-state index >= 15 is 0 Å². The predicted molar refractivity (Wildman–Crippen MR) is 88.3 cm³/mol. The largest absolute Gasteiger partial charge is 0.497 e. The van der Waals surface area contributed by atoms with E-state index in [1.165, 1.54) is 7.11 Å². The fraction of sp³-hybridized carbons (Fsp3) is 0.278. The lowest BCUT2D eigenvalue weighted by molar-refractivity contribution is 0.0447. The quantitative estimate of drug-likeness (QED) is 0.547. The first kappa shape index (κ1) is 17.5. The zero-order valence-corrected chi connectivity index (χ0v) is 13.9. The fourth-order valence-electron chi connectivity index (χ4n) is 2.01. The molecule has 2 aromatic rings. The van der Waals surface area contributed by atoms with Gasteiger partial charge in [-0.1, -0.05) is 0 Å². The molecule has 0 radical (unpaired) electrons. The first-order valence-corrected chi connectivity index (χ1v) is 7.34. The minimum atomic E-state index is -0.479. The smallest absolute Gasteiger partial charge is 0.342 e. The van der Waals surface area contributed by atoms with Gasteiger partial charge >= 0.3 is 5.97 Å². The van der Waals surface area contributed by atoms with Crippen molar-refractivity contribution in [1.29, 1.82) is 0 Å². The van der Waals surface area contributed by atoms with E-state index in [4.69, 9.17) is 23.7 Å². The number of hydrogen-bond donors (Lipinski definition) is 0. The van der Waals surface area contributed by atoms with Crippen LogP contribution in [0.25, 0.3) is 0 Å². The summed E-state index contributed by atoms with van der Waals surface area (Å²) in [5.41, 5.74) is 0.336. The summed E-state index contributed by atoms with van der Waals surface area (Å²) in [6, 6.07) is 12.1. The average molecular weight is 332 g/mol. The molecule has 0 amide bonds. The van der Waals surface area contributed by atoms with E-state index in [0.29, 0.717) is 22.8 Å². The minimum absolute atomic E-state index is 0.125. The van der Waals surface area contributed by atoms with Crippen LogP contribution in [-0.2, 0) is 4.74 Å². The van der Waals surface area contributed by atoms with E-state index in [1.54, 1.807) is 56.7 Å². The molecule has 0 fully saturated rings. The van der Waals surface area contributed by atoms with Crippen molar-refractivity contribution < 1.29 is 28.5 Å². The van der Waals surface area contributed by atoms with Crippen LogP contribution in [0.15, 0.2) is 42.5 Å². The predicted octanol–water partition coefficient (Wildman–Crippen LogP) is 2.95. The van der Waals surface area contributed by atoms with Crippen LogP contribution < -0.4 is 18.9 Å². The van der Waals surface area contributed by atoms with Gasteiger partial charge < -0.3 is 23.7 Å². The van der Waals surface area contributed by atoms with Crippen molar-refractivity contribution in [3.05, 3.63) is 48.0 Å². The lowest BCUT2D eigenvalue weighted by Gasteiger charge is -2.11. The van der Waals surface area contributed by atoms with Crippen LogP contribution in [0, 0.1) is 0 Å². The van der Waals surface area contributed by atoms with E-state index in [2.05, 4.69) is 0 Å². The summed E-state index contributed by atoms with van der Waals surface area (Å²) in [6.45, 7) is 0.372. The highest BCUT2D eigenvalue weighted by molar-refractivity contribution is 5.92. The molecule has 0 aliphatic carbocycles. The topological polar surface area (TPSA) is 63.2 Å². The standard InChI is InChI=1S/C18H20O6/c1-20-13-4-6-14(7-5-13)23-10-11-24-18(19)16-9-8-15(21-2)12-17(16)22-3/h4-9,12H,10-11H2,1-3H3. The molecule has 2 aromatic carbocycles. The summed E-state index contributed by atoms with van der Waals surface area (Å²) < 4.78 is 26.0. The van der Waals surface area contributed by atoms with Crippen LogP contribution in [-0.4, -0.2) is 40.5 Å². The third kappa shape index (κ3) is 4.55. The highest BCUT2D eigenvalue weighted by atomic mass is 16.6. The first-order chi connectivity index (χ1) is 11.7. The molecule has 6 nitrogen and oxygen atoms in total. The van der Waals surface area contributed by atoms with Gasteiger partial charge in [-0.15, -0.1) is 0 Å². The maximum absolute atomic E-state index is 12.1. The summed E-state index contributed by atoms with van der Waals surface area (Å²) in [6.07, 6.45) is 0. The maximum atomic E-state index is 12.1. The number of rotatable bonds is 8. The van der Waals surface area contributed by atoms with Gasteiger partial charge in [0.1, 0.15) is 41.8 Å². The Kier molecular flexibility index (Phi) is 6.31. The summed E-state index contributed by atoms with van der Waals surface area (Å²) in [5, 5.41) is 0. The van der Waals surface area contributed by atoms with E-state index < -0.39 is 5.97 Å². The van der Waals surface area contributed by atoms with Gasteiger partial charge in [-0.3, -0.25) is 0 Å². The molecule has 0 N–H and O–H groups in total. The lowest BCUT2D eigenvalue weighted by atomic mass is 10.2. The Labute approximate surface area is 140 Å². The highest BCUT2D eigenvalue weighted by Crippen LogP contribution is 2.25. The van der Waals surface area contributed by atoms with Gasteiger partial charge in [0.25, 0.3) is 0 Å². The Morgan fingerprint density at radius 3 is 2.04 bits per heavy atom. The van der Waals surface area contributed by atoms with Gasteiger partial charge in [-0.2, -0.15) is 0 Å². The Hall–Kier alpha value is -2.89. The molecule has 0 spiro atoms. The second-order valence-corrected chi connectivity index (χ2v) is 4.73. The van der Waals surface area contributed by atoms with Crippen molar-refractivity contribution in [2.75, 3.05) is 34.5 Å². The van der Waals surface area contributed by atoms with Crippen LogP contribution >= 0.6 is 0 Å². The van der Waals surface area contributed by atoms with Gasteiger partial charge in [-0.05, 0) is 36.4 Å². The number of carbonyl (C=O) groups is 1. The number of benzene rings is 2. The van der Waals surface area contributed by atoms with Crippen molar-refractivity contribution in [1.82, 2.24) is 0 Å². The highest BCUT2D eigenvalue weighted by Gasteiger charge is 2.14. The SMILES string of the molecule is COc1ccc(OCCOC(=O)c2ccc(OC)cc2OC)cc1. The van der Waals surface area contributed by atoms with Crippen LogP contribution in [0.3, 0.4) is 0 Å². The molecule has 0 aromatic heterocycles. The normalized spacial score (nSPS) is 9.96. The fourth-order valence-corrected chi connectivity index (χ4v) is 2.01. The van der Waals surface area contributed by atoms with Gasteiger partial charge in [-0.25, -0.2) is 4.79 Å². The van der Waals surface area contributed by atoms with Crippen molar-refractivity contribution >= 4 is 5.97 Å². The third-order valence-corrected chi connectivity index (χ3v) is 3.27. The monoisotopic (exact) mass is 332 g/mol. The number of ether oxygens (including phenoxy) is 5. The average Bonchev–Trinajstić information content (AvgIpc) is 2.64. The molecule has 6 heteroatoms. The van der Waals surface area contributed by atoms with E-state index in [-0.39, 0.29) is 13.2 Å². The first-order valence-electron chi connectivity index (χ1n) is 7.34. The Bertz CT molecular complexity index is 666. The summed E-state index contributed by atoms with van der Waals surface area (Å²) >= 11 is 0. The zero-order valence-electron chi connectivity index (χ0n) is 13.9. The van der Waals surface area contributed by atoms with Crippen molar-refractivity contribution in [2.45, 2.75) is 0 Å². The summed E-state index contributed by atoms with van der Waals surface area (Å²) in [5.74, 6) is 1.95. The summed E-state index contributed by atoms with van der Waals surface area (Å²) in [4.78, 5) is 12.1. The lowest BCUT2D eigenvalue weighted by Crippen LogP contribution is -2.13. The number of carbonyl (C=O) groups excluding carboxylic acids is 1. The Morgan fingerprint density at radius 1 is 0.792 bits per heavy atom. The molecular weight excluding hydrogens is 312 g/mol. The number of methoxy groups -OCH3 is 3. The zero-order chi connectivity index (χ0) is 17.4. The van der Waals surface area contributed by atoms with Crippen LogP contribution in [0.2, 0.25) is 0 Å². The van der Waals surface area contributed by atoms with Crippen LogP contribution in [0.4, 0.5) is 0 Å². The second kappa shape index (κ2) is 8.67. The molecule has 0 aliphatic heterocycles. The minimum Gasteiger partial charge on any atom is -0.497 e. The molecule has 0 heterocycles. The third-order valence-electron chi connectivity index (χ3n) is 3.27. The van der Waals surface area contributed by atoms with E-state index in [1.807, 2.05) is 0 Å². The molecule has 0 bridgehead atoms. The molecular formula is C18H20O6. The van der Waals surface area contributed by atoms with Gasteiger partial charge in [0.15, 0.2) is 0 Å². The molecule has 2 rings (SSSR count). The van der Waals surface area contributed by atoms with Gasteiger partial charge in [0.05, 0.1) is 21.3 Å². The van der Waals surface area contributed by atoms with Crippen molar-refractivity contribution in [3.63, 3.8) is 0 Å². The molecule has 0 aliphatic rings. The van der Waals surface area contributed by atoms with E-state index in [0.717, 1.165) is 5.75 Å². The van der Waals surface area contributed by atoms with Crippen molar-refractivity contribution in [2.24, 2.45) is 0 Å². The number of hydrogen-bond acceptors (Lipinski definition) is 6. The molecule has 0 unspecified atom stereocenters. The molecule has 128 valence electrons. The Morgan fingerprint density at radius 2 is 1.42 bits per heavy atom.